The average molecular weight is 295 g/mol. The van der Waals surface area contributed by atoms with Crippen molar-refractivity contribution in [2.75, 3.05) is 53.4 Å². The van der Waals surface area contributed by atoms with Gasteiger partial charge < -0.3 is 15.0 Å². The fraction of sp³-hybridized carbons (Fsp3) is 0.625. The van der Waals surface area contributed by atoms with Crippen molar-refractivity contribution in [2.24, 2.45) is 0 Å². The van der Waals surface area contributed by atoms with Crippen LogP contribution in [0.3, 0.4) is 0 Å². The van der Waals surface area contributed by atoms with Crippen molar-refractivity contribution in [3.05, 3.63) is 29.6 Å². The van der Waals surface area contributed by atoms with Gasteiger partial charge >= 0.3 is 0 Å². The minimum atomic E-state index is -0.214. The summed E-state index contributed by atoms with van der Waals surface area (Å²) >= 11 is 0. The summed E-state index contributed by atoms with van der Waals surface area (Å²) in [5.74, 6) is 0.391. The maximum atomic E-state index is 14.0. The van der Waals surface area contributed by atoms with E-state index in [-0.39, 0.29) is 11.9 Å². The molecular formula is C16H26FN3O. The largest absolute Gasteiger partial charge is 0.492 e. The summed E-state index contributed by atoms with van der Waals surface area (Å²) in [4.78, 5) is 4.71. The van der Waals surface area contributed by atoms with Crippen molar-refractivity contribution >= 4 is 0 Å². The highest BCUT2D eigenvalue weighted by Crippen LogP contribution is 2.21. The highest BCUT2D eigenvalue weighted by Gasteiger charge is 2.14. The number of likely N-dealkylation sites (N-methyl/N-ethyl adjacent to an activating group) is 1. The number of ether oxygens (including phenoxy) is 1. The molecule has 0 amide bonds. The highest BCUT2D eigenvalue weighted by atomic mass is 19.1. The smallest absolute Gasteiger partial charge is 0.131 e. The molecule has 0 aliphatic carbocycles. The SMILES string of the molecule is CNC(C)c1ccc(OCCN2CCN(C)CC2)cc1F. The van der Waals surface area contributed by atoms with E-state index in [0.717, 1.165) is 32.7 Å². The van der Waals surface area contributed by atoms with Gasteiger partial charge in [-0.25, -0.2) is 4.39 Å². The summed E-state index contributed by atoms with van der Waals surface area (Å²) < 4.78 is 19.6. The minimum absolute atomic E-state index is 0.00406. The van der Waals surface area contributed by atoms with Gasteiger partial charge in [0.1, 0.15) is 18.2 Å². The van der Waals surface area contributed by atoms with Crippen LogP contribution < -0.4 is 10.1 Å². The molecule has 0 bridgehead atoms. The van der Waals surface area contributed by atoms with E-state index >= 15 is 0 Å². The number of nitrogens with one attached hydrogen (secondary N) is 1. The Balaban J connectivity index is 1.79. The first kappa shape index (κ1) is 16.2. The lowest BCUT2D eigenvalue weighted by Gasteiger charge is -2.32. The van der Waals surface area contributed by atoms with Crippen LogP contribution in [0.4, 0.5) is 4.39 Å². The predicted molar refractivity (Wildman–Crippen MR) is 83.3 cm³/mol. The van der Waals surface area contributed by atoms with Crippen LogP contribution >= 0.6 is 0 Å². The van der Waals surface area contributed by atoms with E-state index in [1.807, 2.05) is 20.0 Å². The first-order valence-corrected chi connectivity index (χ1v) is 7.60. The molecule has 0 aromatic heterocycles. The Labute approximate surface area is 126 Å². The molecule has 5 heteroatoms. The Morgan fingerprint density at radius 2 is 2.00 bits per heavy atom. The van der Waals surface area contributed by atoms with Gasteiger partial charge in [-0.05, 0) is 27.1 Å². The zero-order valence-corrected chi connectivity index (χ0v) is 13.2. The van der Waals surface area contributed by atoms with E-state index in [2.05, 4.69) is 22.2 Å². The fourth-order valence-corrected chi connectivity index (χ4v) is 2.47. The molecule has 1 aliphatic rings. The summed E-state index contributed by atoms with van der Waals surface area (Å²) in [6, 6.07) is 5.12. The summed E-state index contributed by atoms with van der Waals surface area (Å²) in [7, 11) is 3.97. The van der Waals surface area contributed by atoms with Crippen LogP contribution in [0, 0.1) is 5.82 Å². The standard InChI is InChI=1S/C16H26FN3O/c1-13(18-2)15-5-4-14(12-16(15)17)21-11-10-20-8-6-19(3)7-9-20/h4-5,12-13,18H,6-11H2,1-3H3. The minimum Gasteiger partial charge on any atom is -0.492 e. The lowest BCUT2D eigenvalue weighted by molar-refractivity contribution is 0.133. The van der Waals surface area contributed by atoms with E-state index < -0.39 is 0 Å². The molecule has 1 fully saturated rings. The zero-order valence-electron chi connectivity index (χ0n) is 13.2. The van der Waals surface area contributed by atoms with Gasteiger partial charge in [-0.3, -0.25) is 4.90 Å². The molecule has 1 aromatic rings. The lowest BCUT2D eigenvalue weighted by atomic mass is 10.1. The number of hydrogen-bond acceptors (Lipinski definition) is 4. The van der Waals surface area contributed by atoms with Gasteiger partial charge in [0.15, 0.2) is 0 Å². The van der Waals surface area contributed by atoms with Crippen molar-refractivity contribution in [1.29, 1.82) is 0 Å². The van der Waals surface area contributed by atoms with Crippen molar-refractivity contribution in [2.45, 2.75) is 13.0 Å². The fourth-order valence-electron chi connectivity index (χ4n) is 2.47. The monoisotopic (exact) mass is 295 g/mol. The van der Waals surface area contributed by atoms with Crippen molar-refractivity contribution in [3.63, 3.8) is 0 Å². The molecule has 118 valence electrons. The molecule has 0 saturated carbocycles. The highest BCUT2D eigenvalue weighted by molar-refractivity contribution is 5.30. The zero-order chi connectivity index (χ0) is 15.2. The maximum Gasteiger partial charge on any atom is 0.131 e. The second kappa shape index (κ2) is 7.73. The van der Waals surface area contributed by atoms with Gasteiger partial charge in [0.05, 0.1) is 0 Å². The summed E-state index contributed by atoms with van der Waals surface area (Å²) in [5, 5.41) is 3.04. The number of piperazine rings is 1. The molecule has 1 aliphatic heterocycles. The van der Waals surface area contributed by atoms with Crippen LogP contribution in [-0.4, -0.2) is 63.2 Å². The number of halogens is 1. The Kier molecular flexibility index (Phi) is 5.96. The maximum absolute atomic E-state index is 14.0. The lowest BCUT2D eigenvalue weighted by Crippen LogP contribution is -2.45. The number of hydrogen-bond donors (Lipinski definition) is 1. The van der Waals surface area contributed by atoms with Crippen LogP contribution in [0.2, 0.25) is 0 Å². The second-order valence-corrected chi connectivity index (χ2v) is 5.69. The van der Waals surface area contributed by atoms with E-state index in [4.69, 9.17) is 4.74 Å². The third-order valence-electron chi connectivity index (χ3n) is 4.14. The number of benzene rings is 1. The van der Waals surface area contributed by atoms with Gasteiger partial charge in [-0.1, -0.05) is 6.07 Å². The van der Waals surface area contributed by atoms with Crippen LogP contribution in [0.25, 0.3) is 0 Å². The van der Waals surface area contributed by atoms with Gasteiger partial charge in [0.25, 0.3) is 0 Å². The first-order chi connectivity index (χ1) is 10.1. The van der Waals surface area contributed by atoms with Gasteiger partial charge in [0, 0.05) is 50.4 Å². The molecule has 2 rings (SSSR count). The Morgan fingerprint density at radius 1 is 1.29 bits per heavy atom. The quantitative estimate of drug-likeness (QED) is 0.865. The summed E-state index contributed by atoms with van der Waals surface area (Å²) in [6.07, 6.45) is 0. The molecule has 4 nitrogen and oxygen atoms in total. The Bertz CT molecular complexity index is 447. The second-order valence-electron chi connectivity index (χ2n) is 5.69. The topological polar surface area (TPSA) is 27.7 Å². The van der Waals surface area contributed by atoms with Crippen molar-refractivity contribution in [1.82, 2.24) is 15.1 Å². The summed E-state index contributed by atoms with van der Waals surface area (Å²) in [5.41, 5.74) is 0.670. The van der Waals surface area contributed by atoms with Gasteiger partial charge in [-0.2, -0.15) is 0 Å². The van der Waals surface area contributed by atoms with Gasteiger partial charge in [0.2, 0.25) is 0 Å². The molecule has 1 aromatic carbocycles. The van der Waals surface area contributed by atoms with E-state index in [0.29, 0.717) is 17.9 Å². The predicted octanol–water partition coefficient (Wildman–Crippen LogP) is 1.73. The van der Waals surface area contributed by atoms with Crippen LogP contribution in [-0.2, 0) is 0 Å². The Hall–Kier alpha value is -1.17. The summed E-state index contributed by atoms with van der Waals surface area (Å²) in [6.45, 7) is 7.79. The van der Waals surface area contributed by atoms with E-state index in [1.54, 1.807) is 6.07 Å². The van der Waals surface area contributed by atoms with Crippen LogP contribution in [0.1, 0.15) is 18.5 Å². The molecular weight excluding hydrogens is 269 g/mol. The van der Waals surface area contributed by atoms with Crippen LogP contribution in [0.15, 0.2) is 18.2 Å². The molecule has 0 spiro atoms. The number of nitrogens with zero attached hydrogens (tertiary/aromatic N) is 2. The van der Waals surface area contributed by atoms with Crippen molar-refractivity contribution in [3.8, 4) is 5.75 Å². The molecule has 1 unspecified atom stereocenters. The van der Waals surface area contributed by atoms with Gasteiger partial charge in [-0.15, -0.1) is 0 Å². The third kappa shape index (κ3) is 4.66. The first-order valence-electron chi connectivity index (χ1n) is 7.60. The molecule has 0 radical (unpaired) electrons. The normalized spacial score (nSPS) is 18.7. The van der Waals surface area contributed by atoms with E-state index in [1.165, 1.54) is 6.07 Å². The molecule has 1 saturated heterocycles. The third-order valence-corrected chi connectivity index (χ3v) is 4.14. The molecule has 1 atom stereocenters. The Morgan fingerprint density at radius 3 is 2.62 bits per heavy atom. The molecule has 1 N–H and O–H groups in total. The number of rotatable bonds is 6. The van der Waals surface area contributed by atoms with Crippen LogP contribution in [0.5, 0.6) is 5.75 Å². The van der Waals surface area contributed by atoms with E-state index in [9.17, 15) is 4.39 Å². The average Bonchev–Trinajstić information content (AvgIpc) is 2.49. The van der Waals surface area contributed by atoms with Crippen molar-refractivity contribution < 1.29 is 9.13 Å². The molecule has 1 heterocycles. The molecule has 21 heavy (non-hydrogen) atoms.